The zero-order valence-corrected chi connectivity index (χ0v) is 9.74. The quantitative estimate of drug-likeness (QED) is 0.569. The maximum atomic E-state index is 11.8. The molecule has 3 rings (SSSR count). The van der Waals surface area contributed by atoms with Crippen molar-refractivity contribution < 1.29 is 4.92 Å². The minimum absolute atomic E-state index is 0.120. The van der Waals surface area contributed by atoms with Crippen molar-refractivity contribution in [2.24, 2.45) is 0 Å². The van der Waals surface area contributed by atoms with E-state index in [1.807, 2.05) is 0 Å². The fourth-order valence-corrected chi connectivity index (χ4v) is 1.96. The Morgan fingerprint density at radius 1 is 1.53 bits per heavy atom. The van der Waals surface area contributed by atoms with Crippen molar-refractivity contribution in [3.63, 3.8) is 0 Å². The van der Waals surface area contributed by atoms with Crippen molar-refractivity contribution in [3.8, 4) is 0 Å². The molecular weight excluding hydrogens is 252 g/mol. The van der Waals surface area contributed by atoms with E-state index in [2.05, 4.69) is 20.4 Å². The van der Waals surface area contributed by atoms with Gasteiger partial charge in [0.05, 0.1) is 17.3 Å². The first-order valence-electron chi connectivity index (χ1n) is 5.65. The van der Waals surface area contributed by atoms with Crippen LogP contribution in [-0.2, 0) is 0 Å². The van der Waals surface area contributed by atoms with Gasteiger partial charge in [-0.3, -0.25) is 14.9 Å². The lowest BCUT2D eigenvalue weighted by Crippen LogP contribution is -2.43. The molecular formula is C10H10N6O3. The third-order valence-corrected chi connectivity index (χ3v) is 2.98. The minimum atomic E-state index is -0.597. The smallest absolute Gasteiger partial charge is 0.262 e. The van der Waals surface area contributed by atoms with Crippen molar-refractivity contribution in [3.05, 3.63) is 38.7 Å². The summed E-state index contributed by atoms with van der Waals surface area (Å²) < 4.78 is 1.64. The number of rotatable bonds is 3. The maximum Gasteiger partial charge on any atom is 0.262 e. The van der Waals surface area contributed by atoms with E-state index < -0.39 is 4.92 Å². The van der Waals surface area contributed by atoms with E-state index in [-0.39, 0.29) is 22.7 Å². The van der Waals surface area contributed by atoms with E-state index in [9.17, 15) is 14.9 Å². The molecule has 98 valence electrons. The van der Waals surface area contributed by atoms with E-state index >= 15 is 0 Å². The Morgan fingerprint density at radius 3 is 2.95 bits per heavy atom. The van der Waals surface area contributed by atoms with Gasteiger partial charge in [0.1, 0.15) is 11.1 Å². The van der Waals surface area contributed by atoms with Crippen LogP contribution in [0.4, 0.5) is 0 Å². The van der Waals surface area contributed by atoms with Crippen LogP contribution in [0, 0.1) is 10.1 Å². The van der Waals surface area contributed by atoms with Gasteiger partial charge in [-0.25, -0.2) is 9.67 Å². The van der Waals surface area contributed by atoms with Crippen LogP contribution in [0.3, 0.4) is 0 Å². The Labute approximate surface area is 106 Å². The van der Waals surface area contributed by atoms with E-state index in [0.717, 1.165) is 19.3 Å². The lowest BCUT2D eigenvalue weighted by atomic mass is 10.2. The number of nitrogens with one attached hydrogen (secondary N) is 2. The first-order chi connectivity index (χ1) is 9.16. The number of fused-ring (bicyclic) bond motifs is 1. The zero-order chi connectivity index (χ0) is 13.4. The van der Waals surface area contributed by atoms with Crippen molar-refractivity contribution >= 4 is 17.1 Å². The molecule has 1 aliphatic heterocycles. The molecule has 0 radical (unpaired) electrons. The topological polar surface area (TPSA) is 119 Å². The van der Waals surface area contributed by atoms with Crippen molar-refractivity contribution in [1.82, 2.24) is 25.1 Å². The molecule has 3 heterocycles. The number of hydrogen-bond acceptors (Lipinski definition) is 6. The molecule has 0 aliphatic carbocycles. The molecule has 9 heteroatoms. The highest BCUT2D eigenvalue weighted by atomic mass is 16.6. The Hall–Kier alpha value is -2.55. The molecule has 0 aromatic carbocycles. The first kappa shape index (κ1) is 11.5. The summed E-state index contributed by atoms with van der Waals surface area (Å²) in [6.07, 6.45) is 3.27. The van der Waals surface area contributed by atoms with Crippen LogP contribution < -0.4 is 10.9 Å². The Morgan fingerprint density at radius 2 is 2.32 bits per heavy atom. The average molecular weight is 262 g/mol. The molecule has 0 bridgehead atoms. The van der Waals surface area contributed by atoms with Crippen LogP contribution in [0.2, 0.25) is 0 Å². The highest BCUT2D eigenvalue weighted by molar-refractivity contribution is 5.83. The number of aromatic nitrogens is 4. The fraction of sp³-hybridized carbons (Fsp3) is 0.300. The van der Waals surface area contributed by atoms with Crippen LogP contribution >= 0.6 is 0 Å². The summed E-state index contributed by atoms with van der Waals surface area (Å²) in [5.41, 5.74) is 0.345. The average Bonchev–Trinajstić information content (AvgIpc) is 2.65. The van der Waals surface area contributed by atoms with Gasteiger partial charge in [0, 0.05) is 19.2 Å². The molecule has 1 fully saturated rings. The predicted octanol–water partition coefficient (Wildman–Crippen LogP) is -0.489. The predicted molar refractivity (Wildman–Crippen MR) is 66.1 cm³/mol. The highest BCUT2D eigenvalue weighted by Gasteiger charge is 2.24. The fourth-order valence-electron chi connectivity index (χ4n) is 1.96. The SMILES string of the molecule is O=c1[nH]cnc2c1c(C=C[N+](=O)[O-])nn2C1CNC1. The van der Waals surface area contributed by atoms with E-state index in [0.29, 0.717) is 5.65 Å². The standard InChI is InChI=1S/C10H10N6O3/c17-10-8-7(1-2-15(18)19)14-16(6-3-11-4-6)9(8)12-5-13-10/h1-2,5-6,11H,3-4H2,(H,12,13,17). The molecule has 2 aromatic heterocycles. The Balaban J connectivity index is 2.20. The minimum Gasteiger partial charge on any atom is -0.312 e. The monoisotopic (exact) mass is 262 g/mol. The van der Waals surface area contributed by atoms with Crippen LogP contribution in [0.5, 0.6) is 0 Å². The van der Waals surface area contributed by atoms with Crippen LogP contribution in [0.25, 0.3) is 17.1 Å². The van der Waals surface area contributed by atoms with E-state index in [4.69, 9.17) is 0 Å². The van der Waals surface area contributed by atoms with Crippen molar-refractivity contribution in [1.29, 1.82) is 0 Å². The molecule has 1 saturated heterocycles. The summed E-state index contributed by atoms with van der Waals surface area (Å²) in [5.74, 6) is 0. The largest absolute Gasteiger partial charge is 0.312 e. The normalized spacial score (nSPS) is 16.0. The second-order valence-corrected chi connectivity index (χ2v) is 4.17. The summed E-state index contributed by atoms with van der Waals surface area (Å²) in [5, 5.41) is 18.0. The molecule has 2 aromatic rings. The molecule has 0 amide bonds. The van der Waals surface area contributed by atoms with Gasteiger partial charge < -0.3 is 10.3 Å². The van der Waals surface area contributed by atoms with Gasteiger partial charge >= 0.3 is 0 Å². The van der Waals surface area contributed by atoms with Gasteiger partial charge in [0.15, 0.2) is 5.65 Å². The summed E-state index contributed by atoms with van der Waals surface area (Å²) in [4.78, 5) is 28.2. The molecule has 0 saturated carbocycles. The number of nitro groups is 1. The molecule has 0 unspecified atom stereocenters. The molecule has 1 aliphatic rings. The summed E-state index contributed by atoms with van der Waals surface area (Å²) >= 11 is 0. The summed E-state index contributed by atoms with van der Waals surface area (Å²) in [6, 6.07) is 0.120. The van der Waals surface area contributed by atoms with Gasteiger partial charge in [-0.2, -0.15) is 5.10 Å². The number of nitrogens with zero attached hydrogens (tertiary/aromatic N) is 4. The second-order valence-electron chi connectivity index (χ2n) is 4.17. The number of aromatic amines is 1. The lowest BCUT2D eigenvalue weighted by molar-refractivity contribution is -0.400. The van der Waals surface area contributed by atoms with Crippen molar-refractivity contribution in [2.45, 2.75) is 6.04 Å². The van der Waals surface area contributed by atoms with Gasteiger partial charge in [0.2, 0.25) is 6.20 Å². The van der Waals surface area contributed by atoms with Gasteiger partial charge in [0.25, 0.3) is 5.56 Å². The number of H-pyrrole nitrogens is 1. The van der Waals surface area contributed by atoms with Crippen molar-refractivity contribution in [2.75, 3.05) is 13.1 Å². The van der Waals surface area contributed by atoms with Gasteiger partial charge in [-0.05, 0) is 0 Å². The third kappa shape index (κ3) is 1.89. The molecule has 9 nitrogen and oxygen atoms in total. The van der Waals surface area contributed by atoms with Crippen LogP contribution in [-0.4, -0.2) is 37.8 Å². The first-order valence-corrected chi connectivity index (χ1v) is 5.65. The molecule has 0 spiro atoms. The van der Waals surface area contributed by atoms with E-state index in [1.54, 1.807) is 4.68 Å². The van der Waals surface area contributed by atoms with Crippen LogP contribution in [0.1, 0.15) is 11.7 Å². The van der Waals surface area contributed by atoms with Gasteiger partial charge in [-0.15, -0.1) is 0 Å². The Bertz CT molecular complexity index is 726. The molecule has 2 N–H and O–H groups in total. The van der Waals surface area contributed by atoms with Crippen LogP contribution in [0.15, 0.2) is 17.3 Å². The second kappa shape index (κ2) is 4.28. The maximum absolute atomic E-state index is 11.8. The summed E-state index contributed by atoms with van der Waals surface area (Å²) in [7, 11) is 0. The van der Waals surface area contributed by atoms with E-state index in [1.165, 1.54) is 12.4 Å². The zero-order valence-electron chi connectivity index (χ0n) is 9.74. The Kier molecular flexibility index (Phi) is 2.60. The van der Waals surface area contributed by atoms with Gasteiger partial charge in [-0.1, -0.05) is 0 Å². The lowest BCUT2D eigenvalue weighted by Gasteiger charge is -2.27. The third-order valence-electron chi connectivity index (χ3n) is 2.98. The molecule has 19 heavy (non-hydrogen) atoms. The summed E-state index contributed by atoms with van der Waals surface area (Å²) in [6.45, 7) is 1.48. The number of hydrogen-bond donors (Lipinski definition) is 2. The molecule has 0 atom stereocenters. The highest BCUT2D eigenvalue weighted by Crippen LogP contribution is 2.20.